The average Bonchev–Trinajstić information content (AvgIpc) is 3.05. The summed E-state index contributed by atoms with van der Waals surface area (Å²) in [5.74, 6) is -0.245. The highest BCUT2D eigenvalue weighted by Gasteiger charge is 2.35. The number of carboxylic acids is 1. The van der Waals surface area contributed by atoms with E-state index in [1.165, 1.54) is 0 Å². The Morgan fingerprint density at radius 2 is 2.00 bits per heavy atom. The van der Waals surface area contributed by atoms with E-state index in [4.69, 9.17) is 17.0 Å². The lowest BCUT2D eigenvalue weighted by molar-refractivity contribution is -0.142. The van der Waals surface area contributed by atoms with Crippen molar-refractivity contribution in [3.63, 3.8) is 0 Å². The summed E-state index contributed by atoms with van der Waals surface area (Å²) in [6.45, 7) is 0.405. The molecule has 0 saturated carbocycles. The summed E-state index contributed by atoms with van der Waals surface area (Å²) in [4.78, 5) is 17.1. The smallest absolute Gasteiger partial charge is 0.326 e. The fraction of sp³-hybridized carbons (Fsp3) is 0.200. The Hall–Kier alpha value is -3.06. The van der Waals surface area contributed by atoms with E-state index in [1.54, 1.807) is 12.0 Å². The van der Waals surface area contributed by atoms with Gasteiger partial charge in [-0.05, 0) is 36.0 Å². The van der Waals surface area contributed by atoms with Crippen LogP contribution in [-0.2, 0) is 17.8 Å². The van der Waals surface area contributed by atoms with E-state index >= 15 is 0 Å². The highest BCUT2D eigenvalue weighted by Crippen LogP contribution is 2.31. The molecule has 2 aromatic carbocycles. The van der Waals surface area contributed by atoms with Gasteiger partial charge in [0.1, 0.15) is 11.8 Å². The Kier molecular flexibility index (Phi) is 4.45. The quantitative estimate of drug-likeness (QED) is 0.604. The van der Waals surface area contributed by atoms with E-state index in [1.807, 2.05) is 48.5 Å². The first-order chi connectivity index (χ1) is 13.1. The zero-order chi connectivity index (χ0) is 19.0. The standard InChI is InChI=1S/C20H19N3O3S/c1-26-18-9-5-4-8-15(18)22-20(27)23-11-16-13(10-17(23)19(24)25)12-6-2-3-7-14(12)21-16/h2-9,17,21H,10-11H2,1H3,(H,22,27)(H,24,25). The topological polar surface area (TPSA) is 77.6 Å². The van der Waals surface area contributed by atoms with Gasteiger partial charge in [0.05, 0.1) is 19.3 Å². The molecule has 1 unspecified atom stereocenters. The van der Waals surface area contributed by atoms with Gasteiger partial charge in [0.15, 0.2) is 5.11 Å². The van der Waals surface area contributed by atoms with Crippen LogP contribution in [0, 0.1) is 0 Å². The molecule has 0 fully saturated rings. The number of thiocarbonyl (C=S) groups is 1. The molecule has 6 nitrogen and oxygen atoms in total. The van der Waals surface area contributed by atoms with Crippen molar-refractivity contribution in [2.75, 3.05) is 12.4 Å². The molecule has 2 heterocycles. The van der Waals surface area contributed by atoms with Crippen molar-refractivity contribution in [3.05, 3.63) is 59.8 Å². The number of hydrogen-bond donors (Lipinski definition) is 3. The number of anilines is 1. The summed E-state index contributed by atoms with van der Waals surface area (Å²) in [6, 6.07) is 14.6. The van der Waals surface area contributed by atoms with E-state index in [0.29, 0.717) is 29.5 Å². The summed E-state index contributed by atoms with van der Waals surface area (Å²) < 4.78 is 5.34. The number of para-hydroxylation sites is 3. The number of aliphatic carboxylic acids is 1. The number of methoxy groups -OCH3 is 1. The second kappa shape index (κ2) is 6.92. The number of aromatic amines is 1. The van der Waals surface area contributed by atoms with Crippen molar-refractivity contribution in [3.8, 4) is 5.75 Å². The molecule has 0 spiro atoms. The lowest BCUT2D eigenvalue weighted by Gasteiger charge is -2.35. The third-order valence-corrected chi connectivity index (χ3v) is 5.24. The SMILES string of the molecule is COc1ccccc1NC(=S)N1Cc2[nH]c3ccccc3c2CC1C(=O)O. The van der Waals surface area contributed by atoms with Crippen molar-refractivity contribution >= 4 is 39.9 Å². The molecule has 1 aliphatic rings. The summed E-state index contributed by atoms with van der Waals surface area (Å²) in [7, 11) is 1.58. The van der Waals surface area contributed by atoms with Crippen molar-refractivity contribution < 1.29 is 14.6 Å². The maximum absolute atomic E-state index is 11.9. The summed E-state index contributed by atoms with van der Waals surface area (Å²) >= 11 is 5.55. The molecule has 3 aromatic rings. The third-order valence-electron chi connectivity index (χ3n) is 4.90. The van der Waals surface area contributed by atoms with Gasteiger partial charge in [-0.2, -0.15) is 0 Å². The number of carboxylic acid groups (broad SMARTS) is 1. The number of hydrogen-bond acceptors (Lipinski definition) is 3. The molecule has 7 heteroatoms. The molecule has 0 bridgehead atoms. The van der Waals surface area contributed by atoms with Crippen LogP contribution in [0.2, 0.25) is 0 Å². The van der Waals surface area contributed by atoms with Crippen LogP contribution >= 0.6 is 12.2 Å². The molecular formula is C20H19N3O3S. The van der Waals surface area contributed by atoms with E-state index in [9.17, 15) is 9.90 Å². The van der Waals surface area contributed by atoms with Crippen LogP contribution < -0.4 is 10.1 Å². The highest BCUT2D eigenvalue weighted by atomic mass is 32.1. The molecule has 3 N–H and O–H groups in total. The summed E-state index contributed by atoms with van der Waals surface area (Å²) in [5, 5.41) is 14.4. The van der Waals surface area contributed by atoms with Crippen LogP contribution in [0.1, 0.15) is 11.3 Å². The lowest BCUT2D eigenvalue weighted by Crippen LogP contribution is -2.50. The maximum atomic E-state index is 11.9. The van der Waals surface area contributed by atoms with Gasteiger partial charge >= 0.3 is 5.97 Å². The van der Waals surface area contributed by atoms with Crippen LogP contribution in [0.5, 0.6) is 5.75 Å². The minimum absolute atomic E-state index is 0.358. The number of ether oxygens (including phenoxy) is 1. The van der Waals surface area contributed by atoms with Crippen molar-refractivity contribution in [1.29, 1.82) is 0 Å². The molecule has 138 valence electrons. The Labute approximate surface area is 161 Å². The lowest BCUT2D eigenvalue weighted by atomic mass is 9.97. The second-order valence-electron chi connectivity index (χ2n) is 6.44. The predicted molar refractivity (Wildman–Crippen MR) is 108 cm³/mol. The Morgan fingerprint density at radius 1 is 1.26 bits per heavy atom. The number of aromatic nitrogens is 1. The number of H-pyrrole nitrogens is 1. The second-order valence-corrected chi connectivity index (χ2v) is 6.83. The number of nitrogens with zero attached hydrogens (tertiary/aromatic N) is 1. The van der Waals surface area contributed by atoms with E-state index in [2.05, 4.69) is 10.3 Å². The first-order valence-corrected chi connectivity index (χ1v) is 9.01. The molecule has 1 atom stereocenters. The van der Waals surface area contributed by atoms with Gasteiger partial charge in [0, 0.05) is 23.0 Å². The third kappa shape index (κ3) is 3.10. The zero-order valence-corrected chi connectivity index (χ0v) is 15.5. The first-order valence-electron chi connectivity index (χ1n) is 8.60. The van der Waals surface area contributed by atoms with Crippen LogP contribution in [0.4, 0.5) is 5.69 Å². The largest absolute Gasteiger partial charge is 0.495 e. The Morgan fingerprint density at radius 3 is 2.78 bits per heavy atom. The first kappa shape index (κ1) is 17.4. The van der Waals surface area contributed by atoms with Gasteiger partial charge in [-0.1, -0.05) is 30.3 Å². The molecule has 0 amide bonds. The molecule has 0 aliphatic carbocycles. The molecule has 4 rings (SSSR count). The zero-order valence-electron chi connectivity index (χ0n) is 14.7. The van der Waals surface area contributed by atoms with Gasteiger partial charge < -0.3 is 25.0 Å². The fourth-order valence-corrected chi connectivity index (χ4v) is 3.88. The number of nitrogens with one attached hydrogen (secondary N) is 2. The number of rotatable bonds is 3. The molecule has 0 radical (unpaired) electrons. The van der Waals surface area contributed by atoms with Gasteiger partial charge in [0.2, 0.25) is 0 Å². The Bertz CT molecular complexity index is 1030. The average molecular weight is 381 g/mol. The van der Waals surface area contributed by atoms with Gasteiger partial charge in [-0.3, -0.25) is 0 Å². The summed E-state index contributed by atoms with van der Waals surface area (Å²) in [6.07, 6.45) is 0.391. The molecule has 27 heavy (non-hydrogen) atoms. The van der Waals surface area contributed by atoms with E-state index in [-0.39, 0.29) is 0 Å². The van der Waals surface area contributed by atoms with E-state index in [0.717, 1.165) is 22.2 Å². The van der Waals surface area contributed by atoms with E-state index < -0.39 is 12.0 Å². The summed E-state index contributed by atoms with van der Waals surface area (Å²) in [5.41, 5.74) is 3.76. The van der Waals surface area contributed by atoms with Crippen LogP contribution in [0.15, 0.2) is 48.5 Å². The van der Waals surface area contributed by atoms with Gasteiger partial charge in [-0.25, -0.2) is 4.79 Å². The monoisotopic (exact) mass is 381 g/mol. The number of carbonyl (C=O) groups is 1. The number of benzene rings is 2. The Balaban J connectivity index is 1.66. The van der Waals surface area contributed by atoms with Crippen LogP contribution in [0.3, 0.4) is 0 Å². The number of fused-ring (bicyclic) bond motifs is 3. The minimum Gasteiger partial charge on any atom is -0.495 e. The predicted octanol–water partition coefficient (Wildman–Crippen LogP) is 3.38. The van der Waals surface area contributed by atoms with Crippen LogP contribution in [0.25, 0.3) is 10.9 Å². The van der Waals surface area contributed by atoms with Crippen LogP contribution in [-0.4, -0.2) is 39.2 Å². The molecule has 1 aromatic heterocycles. The normalized spacial score (nSPS) is 16.0. The fourth-order valence-electron chi connectivity index (χ4n) is 3.58. The molecule has 0 saturated heterocycles. The van der Waals surface area contributed by atoms with Crippen molar-refractivity contribution in [1.82, 2.24) is 9.88 Å². The minimum atomic E-state index is -0.893. The molecule has 1 aliphatic heterocycles. The van der Waals surface area contributed by atoms with Gasteiger partial charge in [0.25, 0.3) is 0 Å². The van der Waals surface area contributed by atoms with Crippen molar-refractivity contribution in [2.24, 2.45) is 0 Å². The highest BCUT2D eigenvalue weighted by molar-refractivity contribution is 7.80. The van der Waals surface area contributed by atoms with Crippen molar-refractivity contribution in [2.45, 2.75) is 19.0 Å². The molecular weight excluding hydrogens is 362 g/mol. The van der Waals surface area contributed by atoms with Gasteiger partial charge in [-0.15, -0.1) is 0 Å². The maximum Gasteiger partial charge on any atom is 0.326 e.